The van der Waals surface area contributed by atoms with Crippen LogP contribution in [0.4, 0.5) is 18.9 Å². The summed E-state index contributed by atoms with van der Waals surface area (Å²) in [5, 5.41) is 10.7. The van der Waals surface area contributed by atoms with Crippen molar-refractivity contribution in [3.63, 3.8) is 0 Å². The molecule has 1 aromatic heterocycles. The van der Waals surface area contributed by atoms with E-state index in [1.807, 2.05) is 25.1 Å². The van der Waals surface area contributed by atoms with E-state index in [1.54, 1.807) is 37.1 Å². The molecular formula is C27H30F3N5O2. The molecule has 3 aromatic rings. The molecule has 0 aliphatic carbocycles. The molecule has 2 aliphatic heterocycles. The summed E-state index contributed by atoms with van der Waals surface area (Å²) in [5.41, 5.74) is 4.02. The Bertz CT molecular complexity index is 1290. The van der Waals surface area contributed by atoms with Crippen molar-refractivity contribution in [1.29, 1.82) is 0 Å². The number of nitrogens with one attached hydrogen (secondary N) is 2. The highest BCUT2D eigenvalue weighted by Gasteiger charge is 2.33. The van der Waals surface area contributed by atoms with E-state index in [4.69, 9.17) is 0 Å². The number of rotatable bonds is 6. The number of nitrogens with zero attached hydrogens (tertiary/aromatic N) is 3. The average molecular weight is 514 g/mol. The van der Waals surface area contributed by atoms with Gasteiger partial charge in [-0.3, -0.25) is 9.48 Å². The molecular weight excluding hydrogens is 483 g/mol. The van der Waals surface area contributed by atoms with Gasteiger partial charge in [0.05, 0.1) is 12.2 Å². The first-order valence-corrected chi connectivity index (χ1v) is 12.4. The second-order valence-corrected chi connectivity index (χ2v) is 9.98. The molecule has 2 N–H and O–H groups in total. The molecule has 2 bridgehead atoms. The molecule has 0 spiro atoms. The summed E-state index contributed by atoms with van der Waals surface area (Å²) in [7, 11) is 1.73. The van der Waals surface area contributed by atoms with E-state index in [0.29, 0.717) is 34.3 Å². The van der Waals surface area contributed by atoms with Crippen LogP contribution in [0.3, 0.4) is 0 Å². The quantitative estimate of drug-likeness (QED) is 0.499. The number of halogens is 3. The number of benzene rings is 2. The van der Waals surface area contributed by atoms with Crippen molar-refractivity contribution in [2.24, 2.45) is 7.05 Å². The van der Waals surface area contributed by atoms with Crippen molar-refractivity contribution < 1.29 is 22.7 Å². The SMILES string of the molecule is Cc1ccc(N2C[C@H]3CC[C@@H](C2)N3)cc1C(=O)N[C@H](C)c1cc(OC(F)(F)F)cc(-c2cnn(C)c2)c1. The smallest absolute Gasteiger partial charge is 0.406 e. The Labute approximate surface area is 213 Å². The molecule has 7 nitrogen and oxygen atoms in total. The maximum absolute atomic E-state index is 13.3. The number of carbonyl (C=O) groups excluding carboxylic acids is 1. The summed E-state index contributed by atoms with van der Waals surface area (Å²) >= 11 is 0. The zero-order chi connectivity index (χ0) is 26.3. The number of carbonyl (C=O) groups is 1. The molecule has 196 valence electrons. The number of hydrogen-bond acceptors (Lipinski definition) is 5. The average Bonchev–Trinajstić information content (AvgIpc) is 3.42. The van der Waals surface area contributed by atoms with Gasteiger partial charge in [-0.15, -0.1) is 13.2 Å². The molecule has 2 saturated heterocycles. The van der Waals surface area contributed by atoms with Crippen LogP contribution in [0.25, 0.3) is 11.1 Å². The Morgan fingerprint density at radius 1 is 1.14 bits per heavy atom. The van der Waals surface area contributed by atoms with Gasteiger partial charge in [0.1, 0.15) is 5.75 Å². The summed E-state index contributed by atoms with van der Waals surface area (Å²) in [6.07, 6.45) is 0.762. The third kappa shape index (κ3) is 5.74. The summed E-state index contributed by atoms with van der Waals surface area (Å²) in [6, 6.07) is 10.6. The van der Waals surface area contributed by atoms with Crippen LogP contribution in [0, 0.1) is 6.92 Å². The topological polar surface area (TPSA) is 71.4 Å². The van der Waals surface area contributed by atoms with Gasteiger partial charge in [-0.05, 0) is 73.7 Å². The van der Waals surface area contributed by atoms with Crippen molar-refractivity contribution in [3.8, 4) is 16.9 Å². The molecule has 2 aromatic carbocycles. The minimum Gasteiger partial charge on any atom is -0.406 e. The molecule has 0 saturated carbocycles. The van der Waals surface area contributed by atoms with Gasteiger partial charge in [0.2, 0.25) is 0 Å². The lowest BCUT2D eigenvalue weighted by Crippen LogP contribution is -2.51. The first-order valence-electron chi connectivity index (χ1n) is 12.4. The second-order valence-electron chi connectivity index (χ2n) is 9.98. The van der Waals surface area contributed by atoms with Gasteiger partial charge >= 0.3 is 6.36 Å². The first kappa shape index (κ1) is 25.1. The van der Waals surface area contributed by atoms with Gasteiger partial charge in [-0.25, -0.2) is 0 Å². The number of aryl methyl sites for hydroxylation is 2. The van der Waals surface area contributed by atoms with Crippen LogP contribution < -0.4 is 20.3 Å². The van der Waals surface area contributed by atoms with Crippen molar-refractivity contribution in [3.05, 3.63) is 65.5 Å². The second kappa shape index (κ2) is 9.74. The highest BCUT2D eigenvalue weighted by atomic mass is 19.4. The van der Waals surface area contributed by atoms with E-state index in [0.717, 1.165) is 37.2 Å². The molecule has 1 amide bonds. The molecule has 2 fully saturated rings. The van der Waals surface area contributed by atoms with Crippen molar-refractivity contribution >= 4 is 11.6 Å². The Morgan fingerprint density at radius 2 is 1.86 bits per heavy atom. The molecule has 2 aliphatic rings. The maximum Gasteiger partial charge on any atom is 0.573 e. The standard InChI is InChI=1S/C27H30F3N5O2/c1-16-4-7-23(35-14-21-5-6-22(15-35)33-21)11-25(16)26(36)32-17(2)18-8-19(20-12-31-34(3)13-20)10-24(9-18)37-27(28,29)30/h4,7-13,17,21-22,33H,5-6,14-15H2,1-3H3,(H,32,36)/t17-,21-,22+/m1/s1. The van der Waals surface area contributed by atoms with Gasteiger partial charge in [0.15, 0.2) is 0 Å². The van der Waals surface area contributed by atoms with Crippen molar-refractivity contribution in [2.45, 2.75) is 51.2 Å². The highest BCUT2D eigenvalue weighted by Crippen LogP contribution is 2.32. The fraction of sp³-hybridized carbons (Fsp3) is 0.407. The number of aromatic nitrogens is 2. The largest absolute Gasteiger partial charge is 0.573 e. The van der Waals surface area contributed by atoms with Crippen molar-refractivity contribution in [1.82, 2.24) is 20.4 Å². The van der Waals surface area contributed by atoms with Crippen LogP contribution in [0.5, 0.6) is 5.75 Å². The number of piperazine rings is 1. The molecule has 3 atom stereocenters. The van der Waals surface area contributed by atoms with E-state index in [-0.39, 0.29) is 11.7 Å². The van der Waals surface area contributed by atoms with Crippen LogP contribution in [-0.4, -0.2) is 47.2 Å². The molecule has 37 heavy (non-hydrogen) atoms. The predicted molar refractivity (Wildman–Crippen MR) is 135 cm³/mol. The van der Waals surface area contributed by atoms with Gasteiger partial charge < -0.3 is 20.3 Å². The Balaban J connectivity index is 1.38. The monoisotopic (exact) mass is 513 g/mol. The normalized spacial score (nSPS) is 20.1. The number of ether oxygens (including phenoxy) is 1. The van der Waals surface area contributed by atoms with Gasteiger partial charge in [0.25, 0.3) is 5.91 Å². The minimum absolute atomic E-state index is 0.282. The number of fused-ring (bicyclic) bond motifs is 2. The van der Waals surface area contributed by atoms with Crippen LogP contribution >= 0.6 is 0 Å². The molecule has 5 rings (SSSR count). The summed E-state index contributed by atoms with van der Waals surface area (Å²) in [5.74, 6) is -0.633. The molecule has 0 radical (unpaired) electrons. The van der Waals surface area contributed by atoms with Gasteiger partial charge in [0, 0.05) is 55.2 Å². The summed E-state index contributed by atoms with van der Waals surface area (Å²) in [6.45, 7) is 5.42. The van der Waals surface area contributed by atoms with Crippen LogP contribution in [0.15, 0.2) is 48.8 Å². The maximum atomic E-state index is 13.3. The number of anilines is 1. The zero-order valence-electron chi connectivity index (χ0n) is 21.0. The Morgan fingerprint density at radius 3 is 2.51 bits per heavy atom. The van der Waals surface area contributed by atoms with E-state index in [9.17, 15) is 18.0 Å². The minimum atomic E-state index is -4.84. The Hall–Kier alpha value is -3.53. The number of alkyl halides is 3. The van der Waals surface area contributed by atoms with E-state index >= 15 is 0 Å². The highest BCUT2D eigenvalue weighted by molar-refractivity contribution is 5.97. The van der Waals surface area contributed by atoms with Crippen LogP contribution in [0.2, 0.25) is 0 Å². The lowest BCUT2D eigenvalue weighted by Gasteiger charge is -2.35. The van der Waals surface area contributed by atoms with Gasteiger partial charge in [-0.2, -0.15) is 5.10 Å². The van der Waals surface area contributed by atoms with Crippen molar-refractivity contribution in [2.75, 3.05) is 18.0 Å². The molecule has 3 heterocycles. The molecule has 0 unspecified atom stereocenters. The number of hydrogen-bond donors (Lipinski definition) is 2. The van der Waals surface area contributed by atoms with E-state index in [1.165, 1.54) is 12.1 Å². The van der Waals surface area contributed by atoms with Crippen LogP contribution in [-0.2, 0) is 7.05 Å². The third-order valence-electron chi connectivity index (χ3n) is 7.10. The van der Waals surface area contributed by atoms with Crippen LogP contribution in [0.1, 0.15) is 47.3 Å². The summed E-state index contributed by atoms with van der Waals surface area (Å²) < 4.78 is 44.8. The summed E-state index contributed by atoms with van der Waals surface area (Å²) in [4.78, 5) is 15.6. The number of amides is 1. The zero-order valence-corrected chi connectivity index (χ0v) is 21.0. The molecule has 10 heteroatoms. The fourth-order valence-electron chi connectivity index (χ4n) is 5.22. The Kier molecular flexibility index (Phi) is 6.61. The third-order valence-corrected chi connectivity index (χ3v) is 7.10. The lowest BCUT2D eigenvalue weighted by atomic mass is 10.0. The van der Waals surface area contributed by atoms with E-state index < -0.39 is 12.4 Å². The fourth-order valence-corrected chi connectivity index (χ4v) is 5.22. The lowest BCUT2D eigenvalue weighted by molar-refractivity contribution is -0.274. The van der Waals surface area contributed by atoms with Gasteiger partial charge in [-0.1, -0.05) is 6.07 Å². The first-order chi connectivity index (χ1) is 17.5. The predicted octanol–water partition coefficient (Wildman–Crippen LogP) is 4.73. The van der Waals surface area contributed by atoms with E-state index in [2.05, 4.69) is 25.4 Å².